The number of aromatic hydroxyl groups is 1. The molecule has 0 radical (unpaired) electrons. The molecule has 2 N–H and O–H groups in total. The molecule has 0 amide bonds. The summed E-state index contributed by atoms with van der Waals surface area (Å²) in [6.45, 7) is 1.80. The Morgan fingerprint density at radius 3 is 2.39 bits per heavy atom. The Hall–Kier alpha value is -1.87. The van der Waals surface area contributed by atoms with Crippen molar-refractivity contribution in [1.29, 1.82) is 0 Å². The van der Waals surface area contributed by atoms with E-state index in [2.05, 4.69) is 4.98 Å². The summed E-state index contributed by atoms with van der Waals surface area (Å²) in [5, 5.41) is 18.4. The lowest BCUT2D eigenvalue weighted by Crippen LogP contribution is -2.01. The maximum atomic E-state index is 9.24. The summed E-state index contributed by atoms with van der Waals surface area (Å²) >= 11 is 0. The van der Waals surface area contributed by atoms with Crippen LogP contribution in [-0.2, 0) is 6.42 Å². The maximum absolute atomic E-state index is 9.24. The van der Waals surface area contributed by atoms with Crippen molar-refractivity contribution in [3.63, 3.8) is 0 Å². The van der Waals surface area contributed by atoms with Crippen LogP contribution < -0.4 is 0 Å². The molecule has 1 aromatic heterocycles. The lowest BCUT2D eigenvalue weighted by molar-refractivity contribution is 0.185. The van der Waals surface area contributed by atoms with Crippen molar-refractivity contribution in [3.05, 3.63) is 48.2 Å². The third kappa shape index (κ3) is 3.31. The monoisotopic (exact) mass is 243 g/mol. The highest BCUT2D eigenvalue weighted by Crippen LogP contribution is 2.19. The first-order valence-corrected chi connectivity index (χ1v) is 6.07. The first-order chi connectivity index (χ1) is 8.65. The first-order valence-electron chi connectivity index (χ1n) is 6.07. The highest BCUT2D eigenvalue weighted by Gasteiger charge is 2.01. The fourth-order valence-electron chi connectivity index (χ4n) is 1.77. The van der Waals surface area contributed by atoms with Crippen LogP contribution >= 0.6 is 0 Å². The summed E-state index contributed by atoms with van der Waals surface area (Å²) in [6, 6.07) is 11.5. The van der Waals surface area contributed by atoms with Crippen LogP contribution in [-0.4, -0.2) is 21.3 Å². The summed E-state index contributed by atoms with van der Waals surface area (Å²) in [5.74, 6) is 0.173. The van der Waals surface area contributed by atoms with Gasteiger partial charge in [0.25, 0.3) is 0 Å². The molecule has 1 aromatic carbocycles. The first kappa shape index (κ1) is 12.6. The molecule has 0 aliphatic rings. The Kier molecular flexibility index (Phi) is 3.95. The smallest absolute Gasteiger partial charge is 0.133 e. The van der Waals surface area contributed by atoms with Gasteiger partial charge in [0.1, 0.15) is 5.75 Å². The molecule has 0 aliphatic heterocycles. The molecule has 1 heterocycles. The van der Waals surface area contributed by atoms with E-state index in [0.29, 0.717) is 0 Å². The minimum absolute atomic E-state index is 0.173. The van der Waals surface area contributed by atoms with Crippen molar-refractivity contribution in [3.8, 4) is 17.0 Å². The zero-order valence-electron chi connectivity index (χ0n) is 10.4. The second kappa shape index (κ2) is 5.65. The van der Waals surface area contributed by atoms with E-state index >= 15 is 0 Å². The molecule has 0 bridgehead atoms. The lowest BCUT2D eigenvalue weighted by Gasteiger charge is -2.06. The molecule has 1 unspecified atom stereocenters. The zero-order valence-corrected chi connectivity index (χ0v) is 10.4. The van der Waals surface area contributed by atoms with E-state index in [-0.39, 0.29) is 11.9 Å². The largest absolute Gasteiger partial charge is 0.506 e. The van der Waals surface area contributed by atoms with Crippen LogP contribution in [0.15, 0.2) is 42.6 Å². The van der Waals surface area contributed by atoms with Gasteiger partial charge in [-0.2, -0.15) is 0 Å². The van der Waals surface area contributed by atoms with Gasteiger partial charge in [-0.25, -0.2) is 0 Å². The number of hydrogen-bond donors (Lipinski definition) is 2. The summed E-state index contributed by atoms with van der Waals surface area (Å²) in [5.41, 5.74) is 3.07. The summed E-state index contributed by atoms with van der Waals surface area (Å²) in [7, 11) is 0. The molecule has 2 rings (SSSR count). The molecular weight excluding hydrogens is 226 g/mol. The van der Waals surface area contributed by atoms with E-state index in [0.717, 1.165) is 24.1 Å². The second-order valence-corrected chi connectivity index (χ2v) is 4.49. The minimum Gasteiger partial charge on any atom is -0.506 e. The molecule has 1 atom stereocenters. The molecule has 0 saturated heterocycles. The number of benzene rings is 1. The predicted octanol–water partition coefficient (Wildman–Crippen LogP) is 2.77. The van der Waals surface area contributed by atoms with Crippen LogP contribution in [0.25, 0.3) is 11.3 Å². The zero-order chi connectivity index (χ0) is 13.0. The highest BCUT2D eigenvalue weighted by molar-refractivity contribution is 5.59. The number of nitrogens with zero attached hydrogens (tertiary/aromatic N) is 1. The van der Waals surface area contributed by atoms with Crippen LogP contribution in [0.1, 0.15) is 18.9 Å². The van der Waals surface area contributed by atoms with Gasteiger partial charge in [-0.05, 0) is 37.5 Å². The third-order valence-corrected chi connectivity index (χ3v) is 2.85. The minimum atomic E-state index is -0.261. The average molecular weight is 243 g/mol. The summed E-state index contributed by atoms with van der Waals surface area (Å²) < 4.78 is 0. The standard InChI is InChI=1S/C15H17NO2/c1-11(17)2-3-12-4-6-13(7-5-12)15-9-8-14(18)10-16-15/h4-11,17-18H,2-3H2,1H3. The predicted molar refractivity (Wildman–Crippen MR) is 71.3 cm³/mol. The number of aromatic nitrogens is 1. The molecule has 0 aliphatic carbocycles. The van der Waals surface area contributed by atoms with Gasteiger partial charge >= 0.3 is 0 Å². The average Bonchev–Trinajstić information content (AvgIpc) is 2.38. The van der Waals surface area contributed by atoms with Crippen molar-refractivity contribution in [2.75, 3.05) is 0 Å². The molecule has 0 fully saturated rings. The number of rotatable bonds is 4. The fraction of sp³-hybridized carbons (Fsp3) is 0.267. The molecule has 2 aromatic rings. The normalized spacial score (nSPS) is 12.3. The quantitative estimate of drug-likeness (QED) is 0.868. The van der Waals surface area contributed by atoms with Gasteiger partial charge in [0.15, 0.2) is 0 Å². The number of pyridine rings is 1. The number of aryl methyl sites for hydroxylation is 1. The van der Waals surface area contributed by atoms with E-state index in [1.807, 2.05) is 24.3 Å². The van der Waals surface area contributed by atoms with Crippen molar-refractivity contribution in [2.24, 2.45) is 0 Å². The Balaban J connectivity index is 2.09. The van der Waals surface area contributed by atoms with Crippen LogP contribution in [0, 0.1) is 0 Å². The van der Waals surface area contributed by atoms with Gasteiger partial charge in [-0.1, -0.05) is 24.3 Å². The number of aliphatic hydroxyl groups is 1. The van der Waals surface area contributed by atoms with Crippen molar-refractivity contribution >= 4 is 0 Å². The Bertz CT molecular complexity index is 489. The molecule has 94 valence electrons. The molecule has 0 spiro atoms. The maximum Gasteiger partial charge on any atom is 0.133 e. The molecule has 18 heavy (non-hydrogen) atoms. The second-order valence-electron chi connectivity index (χ2n) is 4.49. The Morgan fingerprint density at radius 1 is 1.11 bits per heavy atom. The van der Waals surface area contributed by atoms with Crippen molar-refractivity contribution in [2.45, 2.75) is 25.9 Å². The fourth-order valence-corrected chi connectivity index (χ4v) is 1.77. The molecule has 0 saturated carbocycles. The summed E-state index contributed by atoms with van der Waals surface area (Å²) in [6.07, 6.45) is 2.83. The van der Waals surface area contributed by atoms with Gasteiger partial charge in [-0.15, -0.1) is 0 Å². The van der Waals surface area contributed by atoms with Gasteiger partial charge in [0.05, 0.1) is 18.0 Å². The van der Waals surface area contributed by atoms with E-state index in [1.165, 1.54) is 11.8 Å². The third-order valence-electron chi connectivity index (χ3n) is 2.85. The van der Waals surface area contributed by atoms with Gasteiger partial charge < -0.3 is 10.2 Å². The van der Waals surface area contributed by atoms with E-state index in [9.17, 15) is 10.2 Å². The molecule has 3 nitrogen and oxygen atoms in total. The molecule has 3 heteroatoms. The van der Waals surface area contributed by atoms with Crippen LogP contribution in [0.2, 0.25) is 0 Å². The summed E-state index contributed by atoms with van der Waals surface area (Å²) in [4.78, 5) is 4.16. The topological polar surface area (TPSA) is 53.4 Å². The van der Waals surface area contributed by atoms with Gasteiger partial charge in [0.2, 0.25) is 0 Å². The van der Waals surface area contributed by atoms with E-state index < -0.39 is 0 Å². The van der Waals surface area contributed by atoms with E-state index in [1.54, 1.807) is 19.1 Å². The van der Waals surface area contributed by atoms with Gasteiger partial charge in [0, 0.05) is 5.56 Å². The highest BCUT2D eigenvalue weighted by atomic mass is 16.3. The van der Waals surface area contributed by atoms with Crippen LogP contribution in [0.5, 0.6) is 5.75 Å². The Labute approximate surface area is 107 Å². The van der Waals surface area contributed by atoms with Crippen molar-refractivity contribution in [1.82, 2.24) is 4.98 Å². The van der Waals surface area contributed by atoms with Crippen molar-refractivity contribution < 1.29 is 10.2 Å². The SMILES string of the molecule is CC(O)CCc1ccc(-c2ccc(O)cn2)cc1. The van der Waals surface area contributed by atoms with Crippen LogP contribution in [0.4, 0.5) is 0 Å². The van der Waals surface area contributed by atoms with E-state index in [4.69, 9.17) is 0 Å². The molecular formula is C15H17NO2. The Morgan fingerprint density at radius 2 is 1.83 bits per heavy atom. The lowest BCUT2D eigenvalue weighted by atomic mass is 10.0. The van der Waals surface area contributed by atoms with Crippen LogP contribution in [0.3, 0.4) is 0 Å². The number of aliphatic hydroxyl groups excluding tert-OH is 1. The van der Waals surface area contributed by atoms with Gasteiger partial charge in [-0.3, -0.25) is 4.98 Å². The number of hydrogen-bond acceptors (Lipinski definition) is 3.